The molecule has 0 radical (unpaired) electrons. The Kier molecular flexibility index (Phi) is 9.31. The summed E-state index contributed by atoms with van der Waals surface area (Å²) in [6, 6.07) is 87.9. The lowest BCUT2D eigenvalue weighted by molar-refractivity contribution is 0.438. The van der Waals surface area contributed by atoms with Gasteiger partial charge in [0.05, 0.1) is 73.2 Å². The third-order valence-corrected chi connectivity index (χ3v) is 17.1. The fourth-order valence-corrected chi connectivity index (χ4v) is 13.7. The zero-order valence-electron chi connectivity index (χ0n) is 43.2. The van der Waals surface area contributed by atoms with Crippen LogP contribution in [0.3, 0.4) is 0 Å². The van der Waals surface area contributed by atoms with Crippen molar-refractivity contribution in [2.45, 2.75) is 5.41 Å². The maximum Gasteiger partial charge on any atom is 0.140 e. The summed E-state index contributed by atoms with van der Waals surface area (Å²) in [6.45, 7) is 0. The molecule has 8 heteroatoms. The number of nitrogens with zero attached hydrogens (tertiary/aromatic N) is 7. The average molecular weight is 1030 g/mol. The molecule has 0 saturated heterocycles. The highest BCUT2D eigenvalue weighted by Crippen LogP contribution is 2.63. The van der Waals surface area contributed by atoms with Gasteiger partial charge in [0.15, 0.2) is 0 Å². The molecule has 0 atom stereocenters. The fraction of sp³-hybridized carbons (Fsp3) is 0.0137. The smallest absolute Gasteiger partial charge is 0.140 e. The van der Waals surface area contributed by atoms with Crippen LogP contribution in [0.1, 0.15) is 33.4 Å². The standard InChI is InChI=1S/C73H41N7O/c74-42-44-21-30-65-55(37-44)57-39-46(23-32-67(57)78(65)49-11-2-1-3-12-49)47-25-34-69-62(41-47)73(59-17-9-35-76-70(59)71-60(73)18-10-36-77-71)61-16-8-15-52(72(61)81-69)48-24-33-68-58(40-48)56-38-45(43-75)22-31-66(56)80(68)51-28-26-50(27-29-51)79-63-19-6-4-13-53(63)54-14-5-7-20-64(54)79/h1-41H. The molecule has 0 saturated carbocycles. The van der Waals surface area contributed by atoms with E-state index in [1.807, 2.05) is 54.9 Å². The topological polar surface area (TPSA) is 97.4 Å². The van der Waals surface area contributed by atoms with Crippen molar-refractivity contribution in [1.82, 2.24) is 23.7 Å². The number of nitriles is 2. The van der Waals surface area contributed by atoms with Crippen molar-refractivity contribution in [2.75, 3.05) is 0 Å². The summed E-state index contributed by atoms with van der Waals surface area (Å²) < 4.78 is 14.3. The molecule has 6 heterocycles. The maximum absolute atomic E-state index is 10.3. The van der Waals surface area contributed by atoms with Crippen LogP contribution in [0.2, 0.25) is 0 Å². The van der Waals surface area contributed by atoms with E-state index >= 15 is 0 Å². The lowest BCUT2D eigenvalue weighted by Crippen LogP contribution is -2.32. The zero-order chi connectivity index (χ0) is 53.5. The van der Waals surface area contributed by atoms with Crippen molar-refractivity contribution in [3.63, 3.8) is 0 Å². The van der Waals surface area contributed by atoms with Gasteiger partial charge >= 0.3 is 0 Å². The molecule has 1 aliphatic heterocycles. The Bertz CT molecular complexity index is 5200. The van der Waals surface area contributed by atoms with E-state index in [0.717, 1.165) is 139 Å². The third-order valence-electron chi connectivity index (χ3n) is 17.1. The van der Waals surface area contributed by atoms with E-state index in [4.69, 9.17) is 14.7 Å². The molecule has 0 N–H and O–H groups in total. The Morgan fingerprint density at radius 1 is 0.346 bits per heavy atom. The molecule has 81 heavy (non-hydrogen) atoms. The Morgan fingerprint density at radius 2 is 0.802 bits per heavy atom. The molecule has 0 amide bonds. The van der Waals surface area contributed by atoms with Crippen molar-refractivity contribution < 1.29 is 4.74 Å². The van der Waals surface area contributed by atoms with Crippen molar-refractivity contribution in [2.24, 2.45) is 0 Å². The van der Waals surface area contributed by atoms with Crippen molar-refractivity contribution in [3.05, 3.63) is 282 Å². The Labute approximate surface area is 464 Å². The van der Waals surface area contributed by atoms with Crippen molar-refractivity contribution >= 4 is 65.4 Å². The zero-order valence-corrected chi connectivity index (χ0v) is 43.2. The van der Waals surface area contributed by atoms with Crippen LogP contribution in [0.5, 0.6) is 11.5 Å². The molecule has 0 fully saturated rings. The number of hydrogen-bond donors (Lipinski definition) is 0. The number of pyridine rings is 2. The monoisotopic (exact) mass is 1030 g/mol. The van der Waals surface area contributed by atoms with E-state index in [0.29, 0.717) is 11.1 Å². The number of hydrogen-bond acceptors (Lipinski definition) is 5. The van der Waals surface area contributed by atoms with Crippen molar-refractivity contribution in [1.29, 1.82) is 10.5 Å². The molecule has 17 rings (SSSR count). The molecule has 374 valence electrons. The molecule has 1 aliphatic carbocycles. The summed E-state index contributed by atoms with van der Waals surface area (Å²) in [4.78, 5) is 10.1. The molecule has 1 spiro atoms. The summed E-state index contributed by atoms with van der Waals surface area (Å²) in [5.74, 6) is 1.50. The second-order valence-corrected chi connectivity index (χ2v) is 21.1. The summed E-state index contributed by atoms with van der Waals surface area (Å²) in [6.07, 6.45) is 3.71. The molecular formula is C73H41N7O. The highest BCUT2D eigenvalue weighted by atomic mass is 16.5. The summed E-state index contributed by atoms with van der Waals surface area (Å²) >= 11 is 0. The van der Waals surface area contributed by atoms with Gasteiger partial charge in [0.2, 0.25) is 0 Å². The number of para-hydroxylation sites is 4. The Balaban J connectivity index is 0.836. The van der Waals surface area contributed by atoms with Crippen LogP contribution in [-0.2, 0) is 5.41 Å². The number of benzene rings is 10. The third kappa shape index (κ3) is 6.21. The highest BCUT2D eigenvalue weighted by Gasteiger charge is 2.53. The molecule has 0 bridgehead atoms. The van der Waals surface area contributed by atoms with Gasteiger partial charge in [-0.2, -0.15) is 10.5 Å². The predicted molar refractivity (Wildman–Crippen MR) is 323 cm³/mol. The number of ether oxygens (including phenoxy) is 1. The van der Waals surface area contributed by atoms with Gasteiger partial charge in [-0.25, -0.2) is 0 Å². The first kappa shape index (κ1) is 44.8. The number of rotatable bonds is 5. The molecular weight excluding hydrogens is 991 g/mol. The van der Waals surface area contributed by atoms with Gasteiger partial charge in [0.1, 0.15) is 11.5 Å². The molecule has 2 aliphatic rings. The normalized spacial score (nSPS) is 12.9. The van der Waals surface area contributed by atoms with Crippen LogP contribution in [0.15, 0.2) is 249 Å². The molecule has 15 aromatic rings. The number of aromatic nitrogens is 5. The molecule has 8 nitrogen and oxygen atoms in total. The van der Waals surface area contributed by atoms with Gasteiger partial charge in [-0.1, -0.05) is 103 Å². The number of fused-ring (bicyclic) bond motifs is 18. The first-order chi connectivity index (χ1) is 40.1. The molecule has 5 aromatic heterocycles. The predicted octanol–water partition coefficient (Wildman–Crippen LogP) is 17.3. The van der Waals surface area contributed by atoms with Crippen LogP contribution < -0.4 is 4.74 Å². The van der Waals surface area contributed by atoms with E-state index in [9.17, 15) is 10.5 Å². The Morgan fingerprint density at radius 3 is 1.38 bits per heavy atom. The van der Waals surface area contributed by atoms with Gasteiger partial charge in [0, 0.05) is 78.5 Å². The largest absolute Gasteiger partial charge is 0.456 e. The first-order valence-corrected chi connectivity index (χ1v) is 27.1. The lowest BCUT2D eigenvalue weighted by Gasteiger charge is -2.40. The van der Waals surface area contributed by atoms with Crippen LogP contribution in [0.25, 0.3) is 116 Å². The van der Waals surface area contributed by atoms with Crippen LogP contribution in [-0.4, -0.2) is 23.7 Å². The molecule has 10 aromatic carbocycles. The van der Waals surface area contributed by atoms with Gasteiger partial charge in [-0.15, -0.1) is 0 Å². The fourth-order valence-electron chi connectivity index (χ4n) is 13.7. The van der Waals surface area contributed by atoms with Gasteiger partial charge in [-0.3, -0.25) is 9.97 Å². The minimum Gasteiger partial charge on any atom is -0.456 e. The van der Waals surface area contributed by atoms with Gasteiger partial charge in [-0.05, 0) is 161 Å². The Hall–Kier alpha value is -11.3. The quantitative estimate of drug-likeness (QED) is 0.171. The highest BCUT2D eigenvalue weighted by molar-refractivity contribution is 6.13. The second kappa shape index (κ2) is 16.8. The van der Waals surface area contributed by atoms with E-state index in [1.165, 1.54) is 10.8 Å². The van der Waals surface area contributed by atoms with Crippen molar-refractivity contribution in [3.8, 4) is 74.3 Å². The minimum atomic E-state index is -0.857. The van der Waals surface area contributed by atoms with Gasteiger partial charge in [0.25, 0.3) is 0 Å². The van der Waals surface area contributed by atoms with E-state index in [-0.39, 0.29) is 0 Å². The summed E-state index contributed by atoms with van der Waals surface area (Å²) in [5.41, 5.74) is 19.7. The average Bonchev–Trinajstić information content (AvgIpc) is 4.36. The lowest BCUT2D eigenvalue weighted by atomic mass is 9.65. The summed E-state index contributed by atoms with van der Waals surface area (Å²) in [5, 5.41) is 26.9. The minimum absolute atomic E-state index is 0.597. The van der Waals surface area contributed by atoms with E-state index in [2.05, 4.69) is 220 Å². The molecule has 0 unspecified atom stereocenters. The van der Waals surface area contributed by atoms with Crippen LogP contribution in [0.4, 0.5) is 0 Å². The van der Waals surface area contributed by atoms with E-state index in [1.54, 1.807) is 0 Å². The van der Waals surface area contributed by atoms with Crippen LogP contribution in [0, 0.1) is 22.7 Å². The summed E-state index contributed by atoms with van der Waals surface area (Å²) in [7, 11) is 0. The first-order valence-electron chi connectivity index (χ1n) is 27.1. The second-order valence-electron chi connectivity index (χ2n) is 21.1. The van der Waals surface area contributed by atoms with Crippen LogP contribution >= 0.6 is 0 Å². The SMILES string of the molecule is N#Cc1ccc2c(c1)c1cc(-c3ccc4c(c3)C3(c5cccnc5-c5ncccc53)c3cccc(-c5ccc6c(c5)c5cc(C#N)ccc5n6-c5ccc(-n6c7ccccc7c7ccccc76)cc5)c3O4)ccc1n2-c1ccccc1. The van der Waals surface area contributed by atoms with Gasteiger partial charge < -0.3 is 18.4 Å². The van der Waals surface area contributed by atoms with E-state index < -0.39 is 5.41 Å². The maximum atomic E-state index is 10.3.